The second-order valence-corrected chi connectivity index (χ2v) is 6.71. The summed E-state index contributed by atoms with van der Waals surface area (Å²) in [6.45, 7) is 5.93. The summed E-state index contributed by atoms with van der Waals surface area (Å²) < 4.78 is 29.7. The number of benzene rings is 1. The van der Waals surface area contributed by atoms with Crippen LogP contribution in [0, 0.1) is 0 Å². The molecule has 7 nitrogen and oxygen atoms in total. The van der Waals surface area contributed by atoms with Gasteiger partial charge < -0.3 is 13.8 Å². The number of rotatable bonds is 7. The maximum atomic E-state index is 12.7. The Morgan fingerprint density at radius 1 is 1.13 bits per heavy atom. The highest BCUT2D eigenvalue weighted by Gasteiger charge is 2.29. The maximum absolute atomic E-state index is 12.7. The van der Waals surface area contributed by atoms with E-state index in [9.17, 15) is 9.36 Å². The minimum atomic E-state index is -3.37. The van der Waals surface area contributed by atoms with Crippen molar-refractivity contribution in [2.24, 2.45) is 0 Å². The molecule has 0 fully saturated rings. The summed E-state index contributed by atoms with van der Waals surface area (Å²) in [5.74, 6) is 0.301. The number of carbonyl (C=O) groups is 1. The molecule has 126 valence electrons. The van der Waals surface area contributed by atoms with E-state index in [1.807, 2.05) is 6.07 Å². The van der Waals surface area contributed by atoms with E-state index in [2.05, 4.69) is 4.98 Å². The van der Waals surface area contributed by atoms with Crippen molar-refractivity contribution in [2.45, 2.75) is 26.9 Å². The van der Waals surface area contributed by atoms with Crippen molar-refractivity contribution < 1.29 is 23.1 Å². The van der Waals surface area contributed by atoms with Gasteiger partial charge in [0.25, 0.3) is 0 Å². The lowest BCUT2D eigenvalue weighted by Crippen LogP contribution is -2.17. The van der Waals surface area contributed by atoms with E-state index < -0.39 is 13.7 Å². The fourth-order valence-electron chi connectivity index (χ4n) is 2.27. The molecule has 0 saturated carbocycles. The summed E-state index contributed by atoms with van der Waals surface area (Å²) in [6, 6.07) is 7.16. The topological polar surface area (TPSA) is 79.7 Å². The van der Waals surface area contributed by atoms with Gasteiger partial charge in [0.15, 0.2) is 0 Å². The van der Waals surface area contributed by atoms with Crippen molar-refractivity contribution in [3.8, 4) is 0 Å². The number of carbonyl (C=O) groups excluding carboxylic acids is 1. The van der Waals surface area contributed by atoms with Gasteiger partial charge in [0, 0.05) is 0 Å². The molecule has 2 rings (SSSR count). The van der Waals surface area contributed by atoms with Gasteiger partial charge in [-0.3, -0.25) is 4.57 Å². The number of para-hydroxylation sites is 2. The van der Waals surface area contributed by atoms with Crippen LogP contribution < -0.4 is 0 Å². The van der Waals surface area contributed by atoms with Crippen LogP contribution in [0.1, 0.15) is 26.6 Å². The first kappa shape index (κ1) is 17.7. The Morgan fingerprint density at radius 2 is 1.78 bits per heavy atom. The minimum absolute atomic E-state index is 0.0951. The van der Waals surface area contributed by atoms with Crippen LogP contribution >= 0.6 is 7.60 Å². The third kappa shape index (κ3) is 3.99. The van der Waals surface area contributed by atoms with Crippen molar-refractivity contribution in [3.63, 3.8) is 0 Å². The molecule has 0 radical (unpaired) electrons. The molecule has 0 bridgehead atoms. The monoisotopic (exact) mass is 340 g/mol. The molecule has 1 aromatic heterocycles. The first-order chi connectivity index (χ1) is 11.0. The van der Waals surface area contributed by atoms with Crippen molar-refractivity contribution in [2.75, 3.05) is 19.8 Å². The highest BCUT2D eigenvalue weighted by Crippen LogP contribution is 2.51. The second kappa shape index (κ2) is 7.73. The van der Waals surface area contributed by atoms with Gasteiger partial charge in [-0.2, -0.15) is 0 Å². The molecular formula is C15H21N2O5P. The molecule has 23 heavy (non-hydrogen) atoms. The number of fused-ring (bicyclic) bond motifs is 1. The van der Waals surface area contributed by atoms with Crippen molar-refractivity contribution in [3.05, 3.63) is 30.1 Å². The van der Waals surface area contributed by atoms with Crippen molar-refractivity contribution in [1.82, 2.24) is 9.55 Å². The van der Waals surface area contributed by atoms with E-state index in [-0.39, 0.29) is 26.0 Å². The lowest BCUT2D eigenvalue weighted by molar-refractivity contribution is 0.154. The Balaban J connectivity index is 2.48. The molecule has 0 spiro atoms. The number of hydrogen-bond acceptors (Lipinski definition) is 6. The normalized spacial score (nSPS) is 11.8. The number of hydrogen-bond donors (Lipinski definition) is 0. The first-order valence-corrected chi connectivity index (χ1v) is 9.29. The van der Waals surface area contributed by atoms with Gasteiger partial charge in [0.1, 0.15) is 12.0 Å². The van der Waals surface area contributed by atoms with Crippen LogP contribution in [0.5, 0.6) is 0 Å². The minimum Gasteiger partial charge on any atom is -0.449 e. The quantitative estimate of drug-likeness (QED) is 0.713. The highest BCUT2D eigenvalue weighted by atomic mass is 31.2. The van der Waals surface area contributed by atoms with E-state index >= 15 is 0 Å². The van der Waals surface area contributed by atoms with Crippen molar-refractivity contribution >= 4 is 24.7 Å². The Bertz CT molecular complexity index is 718. The predicted octanol–water partition coefficient (Wildman–Crippen LogP) is 3.81. The molecule has 1 heterocycles. The number of imidazole rings is 1. The highest BCUT2D eigenvalue weighted by molar-refractivity contribution is 7.53. The van der Waals surface area contributed by atoms with E-state index in [1.54, 1.807) is 39.0 Å². The molecule has 0 saturated heterocycles. The van der Waals surface area contributed by atoms with E-state index in [1.165, 1.54) is 4.57 Å². The van der Waals surface area contributed by atoms with Crippen LogP contribution in [-0.2, 0) is 24.5 Å². The zero-order chi connectivity index (χ0) is 16.9. The summed E-state index contributed by atoms with van der Waals surface area (Å²) in [4.78, 5) is 16.7. The fourth-order valence-corrected chi connectivity index (χ4v) is 3.87. The molecule has 2 aromatic rings. The Hall–Kier alpha value is -1.69. The third-order valence-corrected chi connectivity index (χ3v) is 5.04. The Labute approximate surface area is 135 Å². The third-order valence-electron chi connectivity index (χ3n) is 3.07. The zero-order valence-electron chi connectivity index (χ0n) is 13.5. The Morgan fingerprint density at radius 3 is 2.39 bits per heavy atom. The van der Waals surface area contributed by atoms with Gasteiger partial charge in [-0.1, -0.05) is 12.1 Å². The number of aromatic nitrogens is 2. The standard InChI is InChI=1S/C15H21N2O5P/c1-4-20-15(18)17-13-10-8-7-9-12(13)16-14(17)11-23(19,21-5-2)22-6-3/h7-10H,4-6,11H2,1-3H3. The molecule has 0 N–H and O–H groups in total. The molecular weight excluding hydrogens is 319 g/mol. The van der Waals surface area contributed by atoms with Gasteiger partial charge in [-0.15, -0.1) is 0 Å². The van der Waals surface area contributed by atoms with Gasteiger partial charge in [-0.25, -0.2) is 14.3 Å². The van der Waals surface area contributed by atoms with Gasteiger partial charge in [0.2, 0.25) is 0 Å². The maximum Gasteiger partial charge on any atom is 0.419 e. The summed E-state index contributed by atoms with van der Waals surface area (Å²) >= 11 is 0. The largest absolute Gasteiger partial charge is 0.449 e. The molecule has 0 aliphatic carbocycles. The SMILES string of the molecule is CCOC(=O)n1c(CP(=O)(OCC)OCC)nc2ccccc21. The lowest BCUT2D eigenvalue weighted by Gasteiger charge is -2.17. The van der Waals surface area contributed by atoms with Crippen LogP contribution in [0.25, 0.3) is 11.0 Å². The average molecular weight is 340 g/mol. The summed E-state index contributed by atoms with van der Waals surface area (Å²) in [7, 11) is -3.37. The molecule has 0 aliphatic heterocycles. The molecule has 0 atom stereocenters. The lowest BCUT2D eigenvalue weighted by atomic mass is 10.3. The van der Waals surface area contributed by atoms with Crippen LogP contribution in [-0.4, -0.2) is 35.5 Å². The predicted molar refractivity (Wildman–Crippen MR) is 86.7 cm³/mol. The Kier molecular flexibility index (Phi) is 5.93. The summed E-state index contributed by atoms with van der Waals surface area (Å²) in [6.07, 6.45) is -0.655. The van der Waals surface area contributed by atoms with Gasteiger partial charge >= 0.3 is 13.7 Å². The van der Waals surface area contributed by atoms with E-state index in [0.717, 1.165) is 0 Å². The van der Waals surface area contributed by atoms with Crippen LogP contribution in [0.3, 0.4) is 0 Å². The van der Waals surface area contributed by atoms with Crippen LogP contribution in [0.2, 0.25) is 0 Å². The molecule has 1 aromatic carbocycles. The summed E-state index contributed by atoms with van der Waals surface area (Å²) in [5.41, 5.74) is 1.22. The second-order valence-electron chi connectivity index (χ2n) is 4.66. The van der Waals surface area contributed by atoms with Gasteiger partial charge in [0.05, 0.1) is 30.9 Å². The van der Waals surface area contributed by atoms with E-state index in [4.69, 9.17) is 13.8 Å². The fraction of sp³-hybridized carbons (Fsp3) is 0.467. The molecule has 0 unspecified atom stereocenters. The van der Waals surface area contributed by atoms with Crippen LogP contribution in [0.15, 0.2) is 24.3 Å². The number of nitrogens with zero attached hydrogens (tertiary/aromatic N) is 2. The molecule has 8 heteroatoms. The van der Waals surface area contributed by atoms with Crippen LogP contribution in [0.4, 0.5) is 4.79 Å². The zero-order valence-corrected chi connectivity index (χ0v) is 14.4. The molecule has 0 amide bonds. The average Bonchev–Trinajstić information content (AvgIpc) is 2.85. The first-order valence-electron chi connectivity index (χ1n) is 7.56. The number of ether oxygens (including phenoxy) is 1. The van der Waals surface area contributed by atoms with E-state index in [0.29, 0.717) is 16.9 Å². The smallest absolute Gasteiger partial charge is 0.419 e. The van der Waals surface area contributed by atoms with Gasteiger partial charge in [-0.05, 0) is 32.9 Å². The van der Waals surface area contributed by atoms with Crippen molar-refractivity contribution in [1.29, 1.82) is 0 Å². The molecule has 0 aliphatic rings. The summed E-state index contributed by atoms with van der Waals surface area (Å²) in [5, 5.41) is 0.